The summed E-state index contributed by atoms with van der Waals surface area (Å²) < 4.78 is 40.0. The molecule has 1 rings (SSSR count). The summed E-state index contributed by atoms with van der Waals surface area (Å²) in [6.07, 6.45) is -4.28. The molecule has 0 bridgehead atoms. The van der Waals surface area contributed by atoms with E-state index in [1.54, 1.807) is 0 Å². The Morgan fingerprint density at radius 3 is 2.52 bits per heavy atom. The molecule has 0 aliphatic heterocycles. The van der Waals surface area contributed by atoms with Gasteiger partial charge in [0.2, 0.25) is 5.91 Å². The number of halogens is 4. The largest absolute Gasteiger partial charge is 0.573 e. The molecule has 0 unspecified atom stereocenters. The highest BCUT2D eigenvalue weighted by molar-refractivity contribution is 5.94. The van der Waals surface area contributed by atoms with Crippen LogP contribution in [-0.2, 0) is 4.79 Å². The number of anilines is 1. The third-order valence-electron chi connectivity index (χ3n) is 2.40. The average Bonchev–Trinajstić information content (AvgIpc) is 2.25. The SMILES string of the molecule is CC(C)C[C@H](N)C(=O)Nc1cccc(OC(F)(F)F)c1.Cl. The van der Waals surface area contributed by atoms with Crippen LogP contribution in [0.25, 0.3) is 0 Å². The number of hydrogen-bond donors (Lipinski definition) is 2. The van der Waals surface area contributed by atoms with Crippen LogP contribution in [0.3, 0.4) is 0 Å². The topological polar surface area (TPSA) is 64.4 Å². The van der Waals surface area contributed by atoms with E-state index >= 15 is 0 Å². The highest BCUT2D eigenvalue weighted by Crippen LogP contribution is 2.25. The first-order chi connectivity index (χ1) is 9.17. The molecular weight excluding hydrogens is 309 g/mol. The molecule has 1 aromatic rings. The molecule has 21 heavy (non-hydrogen) atoms. The summed E-state index contributed by atoms with van der Waals surface area (Å²) >= 11 is 0. The Hall–Kier alpha value is -1.47. The maximum Gasteiger partial charge on any atom is 0.573 e. The number of alkyl halides is 3. The van der Waals surface area contributed by atoms with E-state index in [4.69, 9.17) is 5.73 Å². The van der Waals surface area contributed by atoms with Crippen molar-refractivity contribution >= 4 is 24.0 Å². The van der Waals surface area contributed by atoms with Gasteiger partial charge in [-0.2, -0.15) is 0 Å². The summed E-state index contributed by atoms with van der Waals surface area (Å²) in [4.78, 5) is 11.7. The smallest absolute Gasteiger partial charge is 0.406 e. The minimum atomic E-state index is -4.77. The summed E-state index contributed by atoms with van der Waals surface area (Å²) in [5.74, 6) is -0.591. The van der Waals surface area contributed by atoms with Crippen molar-refractivity contribution in [2.45, 2.75) is 32.7 Å². The summed E-state index contributed by atoms with van der Waals surface area (Å²) in [5, 5.41) is 2.46. The van der Waals surface area contributed by atoms with Gasteiger partial charge in [-0.3, -0.25) is 4.79 Å². The third kappa shape index (κ3) is 7.77. The quantitative estimate of drug-likeness (QED) is 0.872. The van der Waals surface area contributed by atoms with E-state index in [2.05, 4.69) is 10.1 Å². The van der Waals surface area contributed by atoms with Crippen LogP contribution in [0.5, 0.6) is 5.75 Å². The van der Waals surface area contributed by atoms with E-state index in [-0.39, 0.29) is 24.0 Å². The van der Waals surface area contributed by atoms with E-state index in [1.165, 1.54) is 12.1 Å². The Labute approximate surface area is 127 Å². The van der Waals surface area contributed by atoms with Crippen LogP contribution in [0, 0.1) is 5.92 Å². The number of benzene rings is 1. The number of ether oxygens (including phenoxy) is 1. The molecule has 0 radical (unpaired) electrons. The van der Waals surface area contributed by atoms with Crippen molar-refractivity contribution in [1.82, 2.24) is 0 Å². The Kier molecular flexibility index (Phi) is 7.52. The molecule has 0 fully saturated rings. The number of nitrogens with one attached hydrogen (secondary N) is 1. The Bertz CT molecular complexity index is 467. The van der Waals surface area contributed by atoms with Crippen molar-refractivity contribution in [1.29, 1.82) is 0 Å². The molecule has 0 spiro atoms. The van der Waals surface area contributed by atoms with Gasteiger partial charge in [0, 0.05) is 11.8 Å². The highest BCUT2D eigenvalue weighted by atomic mass is 35.5. The van der Waals surface area contributed by atoms with Crippen LogP contribution in [0.2, 0.25) is 0 Å². The first-order valence-electron chi connectivity index (χ1n) is 6.09. The second-order valence-electron chi connectivity index (χ2n) is 4.80. The summed E-state index contributed by atoms with van der Waals surface area (Å²) in [6, 6.07) is 4.35. The predicted octanol–water partition coefficient (Wildman–Crippen LogP) is 3.32. The zero-order chi connectivity index (χ0) is 15.3. The lowest BCUT2D eigenvalue weighted by Crippen LogP contribution is -2.36. The fourth-order valence-corrected chi connectivity index (χ4v) is 1.62. The van der Waals surface area contributed by atoms with Crippen LogP contribution in [0.4, 0.5) is 18.9 Å². The zero-order valence-electron chi connectivity index (χ0n) is 11.6. The molecule has 0 heterocycles. The van der Waals surface area contributed by atoms with Crippen LogP contribution in [0.15, 0.2) is 24.3 Å². The molecule has 1 amide bonds. The second-order valence-corrected chi connectivity index (χ2v) is 4.80. The standard InChI is InChI=1S/C13H17F3N2O2.ClH/c1-8(2)6-11(17)12(19)18-9-4-3-5-10(7-9)20-13(14,15)16;/h3-5,7-8,11H,6,17H2,1-2H3,(H,18,19);1H/t11-;/m0./s1. The van der Waals surface area contributed by atoms with Crippen molar-refractivity contribution in [3.8, 4) is 5.75 Å². The van der Waals surface area contributed by atoms with Gasteiger partial charge in [-0.25, -0.2) is 0 Å². The van der Waals surface area contributed by atoms with E-state index in [1.807, 2.05) is 13.8 Å². The fraction of sp³-hybridized carbons (Fsp3) is 0.462. The first-order valence-corrected chi connectivity index (χ1v) is 6.09. The maximum atomic E-state index is 12.1. The average molecular weight is 327 g/mol. The predicted molar refractivity (Wildman–Crippen MR) is 76.4 cm³/mol. The van der Waals surface area contributed by atoms with Crippen LogP contribution in [0.1, 0.15) is 20.3 Å². The van der Waals surface area contributed by atoms with Crippen molar-refractivity contribution in [2.24, 2.45) is 11.7 Å². The van der Waals surface area contributed by atoms with Gasteiger partial charge in [0.15, 0.2) is 0 Å². The maximum absolute atomic E-state index is 12.1. The third-order valence-corrected chi connectivity index (χ3v) is 2.40. The molecule has 0 aliphatic carbocycles. The Balaban J connectivity index is 0.00000400. The molecule has 4 nitrogen and oxygen atoms in total. The number of carbonyl (C=O) groups is 1. The Morgan fingerprint density at radius 2 is 2.00 bits per heavy atom. The van der Waals surface area contributed by atoms with Gasteiger partial charge in [0.25, 0.3) is 0 Å². The highest BCUT2D eigenvalue weighted by Gasteiger charge is 2.31. The lowest BCUT2D eigenvalue weighted by molar-refractivity contribution is -0.274. The number of rotatable bonds is 5. The van der Waals surface area contributed by atoms with Gasteiger partial charge in [-0.1, -0.05) is 19.9 Å². The molecule has 8 heteroatoms. The number of nitrogens with two attached hydrogens (primary N) is 1. The molecule has 1 aromatic carbocycles. The van der Waals surface area contributed by atoms with Crippen molar-refractivity contribution < 1.29 is 22.7 Å². The van der Waals surface area contributed by atoms with Gasteiger partial charge >= 0.3 is 6.36 Å². The summed E-state index contributed by atoms with van der Waals surface area (Å²) in [6.45, 7) is 3.84. The normalized spacial score (nSPS) is 12.5. The van der Waals surface area contributed by atoms with E-state index in [0.717, 1.165) is 12.1 Å². The first kappa shape index (κ1) is 19.5. The second kappa shape index (κ2) is 8.09. The molecule has 0 aromatic heterocycles. The molecule has 0 aliphatic rings. The zero-order valence-corrected chi connectivity index (χ0v) is 12.4. The number of amides is 1. The van der Waals surface area contributed by atoms with E-state index < -0.39 is 24.1 Å². The lowest BCUT2D eigenvalue weighted by Gasteiger charge is -2.15. The molecule has 0 saturated carbocycles. The van der Waals surface area contributed by atoms with Gasteiger partial charge in [0.1, 0.15) is 5.75 Å². The number of hydrogen-bond acceptors (Lipinski definition) is 3. The monoisotopic (exact) mass is 326 g/mol. The van der Waals surface area contributed by atoms with Gasteiger partial charge in [-0.05, 0) is 24.5 Å². The van der Waals surface area contributed by atoms with Gasteiger partial charge in [0.05, 0.1) is 6.04 Å². The molecule has 120 valence electrons. The summed E-state index contributed by atoms with van der Waals surface area (Å²) in [5.41, 5.74) is 5.89. The minimum absolute atomic E-state index is 0. The van der Waals surface area contributed by atoms with Crippen molar-refractivity contribution in [3.05, 3.63) is 24.3 Å². The lowest BCUT2D eigenvalue weighted by atomic mass is 10.0. The minimum Gasteiger partial charge on any atom is -0.406 e. The van der Waals surface area contributed by atoms with Crippen molar-refractivity contribution in [3.63, 3.8) is 0 Å². The van der Waals surface area contributed by atoms with Crippen LogP contribution < -0.4 is 15.8 Å². The van der Waals surface area contributed by atoms with E-state index in [9.17, 15) is 18.0 Å². The molecular formula is C13H18ClF3N2O2. The van der Waals surface area contributed by atoms with Crippen LogP contribution in [-0.4, -0.2) is 18.3 Å². The Morgan fingerprint density at radius 1 is 1.38 bits per heavy atom. The molecule has 0 saturated heterocycles. The molecule has 1 atom stereocenters. The van der Waals surface area contributed by atoms with Gasteiger partial charge < -0.3 is 15.8 Å². The van der Waals surface area contributed by atoms with E-state index in [0.29, 0.717) is 6.42 Å². The number of carbonyl (C=O) groups excluding carboxylic acids is 1. The van der Waals surface area contributed by atoms with Gasteiger partial charge in [-0.15, -0.1) is 25.6 Å². The fourth-order valence-electron chi connectivity index (χ4n) is 1.62. The van der Waals surface area contributed by atoms with Crippen LogP contribution >= 0.6 is 12.4 Å². The molecule has 3 N–H and O–H groups in total. The van der Waals surface area contributed by atoms with Crippen molar-refractivity contribution in [2.75, 3.05) is 5.32 Å². The summed E-state index contributed by atoms with van der Waals surface area (Å²) in [7, 11) is 0.